The molecule has 3 N–H and O–H groups in total. The summed E-state index contributed by atoms with van der Waals surface area (Å²) in [6, 6.07) is 3.31. The Bertz CT molecular complexity index is 1100. The Morgan fingerprint density at radius 3 is 2.56 bits per heavy atom. The first-order valence-electron chi connectivity index (χ1n) is 10.2. The summed E-state index contributed by atoms with van der Waals surface area (Å²) in [6.07, 6.45) is -0.639. The van der Waals surface area contributed by atoms with Crippen molar-refractivity contribution < 1.29 is 33.4 Å². The maximum atomic E-state index is 12.9. The number of phenolic OH excluding ortho intramolecular Hbond substituents is 1. The van der Waals surface area contributed by atoms with Crippen LogP contribution in [0.25, 0.3) is 10.8 Å². The van der Waals surface area contributed by atoms with E-state index in [1.807, 2.05) is 13.8 Å². The van der Waals surface area contributed by atoms with E-state index in [0.717, 1.165) is 0 Å². The fourth-order valence-corrected chi connectivity index (χ4v) is 3.79. The summed E-state index contributed by atoms with van der Waals surface area (Å²) < 4.78 is 16.0. The van der Waals surface area contributed by atoms with Crippen molar-refractivity contribution in [2.24, 2.45) is 5.92 Å². The van der Waals surface area contributed by atoms with Crippen LogP contribution in [0.15, 0.2) is 27.4 Å². The van der Waals surface area contributed by atoms with Gasteiger partial charge in [0.1, 0.15) is 34.3 Å². The minimum absolute atomic E-state index is 0.0330. The number of carbonyl (C=O) groups is 2. The zero-order valence-corrected chi connectivity index (χ0v) is 18.9. The molecule has 1 saturated heterocycles. The highest BCUT2D eigenvalue weighted by Gasteiger charge is 2.56. The van der Waals surface area contributed by atoms with Crippen LogP contribution >= 0.6 is 0 Å². The molecule has 10 heteroatoms. The molecule has 2 atom stereocenters. The molecule has 0 spiro atoms. The second-order valence-electron chi connectivity index (χ2n) is 9.18. The molecule has 32 heavy (non-hydrogen) atoms. The second-order valence-corrected chi connectivity index (χ2v) is 9.18. The molecule has 1 aliphatic heterocycles. The van der Waals surface area contributed by atoms with E-state index in [0.29, 0.717) is 11.1 Å². The van der Waals surface area contributed by atoms with E-state index in [2.05, 4.69) is 10.8 Å². The van der Waals surface area contributed by atoms with Crippen molar-refractivity contribution in [3.8, 4) is 11.5 Å². The number of phenols is 1. The Morgan fingerprint density at radius 1 is 1.28 bits per heavy atom. The van der Waals surface area contributed by atoms with Gasteiger partial charge in [-0.05, 0) is 50.6 Å². The van der Waals surface area contributed by atoms with Gasteiger partial charge < -0.3 is 29.2 Å². The van der Waals surface area contributed by atoms with Gasteiger partial charge in [0.05, 0.1) is 7.11 Å². The van der Waals surface area contributed by atoms with E-state index < -0.39 is 34.9 Å². The molecule has 2 aromatic rings. The van der Waals surface area contributed by atoms with Crippen LogP contribution < -0.4 is 21.2 Å². The molecule has 0 aliphatic carbocycles. The smallest absolute Gasteiger partial charge is 0.408 e. The zero-order chi connectivity index (χ0) is 23.8. The number of hydrogen-bond acceptors (Lipinski definition) is 9. The van der Waals surface area contributed by atoms with Crippen LogP contribution in [0.3, 0.4) is 0 Å². The summed E-state index contributed by atoms with van der Waals surface area (Å²) >= 11 is 0. The van der Waals surface area contributed by atoms with E-state index in [1.165, 1.54) is 19.2 Å². The number of alkyl carbamates (subject to hydrolysis) is 1. The Balaban J connectivity index is 2.13. The fraction of sp³-hybridized carbons (Fsp3) is 0.500. The van der Waals surface area contributed by atoms with E-state index in [4.69, 9.17) is 18.7 Å². The summed E-state index contributed by atoms with van der Waals surface area (Å²) in [5, 5.41) is 13.2. The van der Waals surface area contributed by atoms with Crippen molar-refractivity contribution in [1.82, 2.24) is 10.8 Å². The summed E-state index contributed by atoms with van der Waals surface area (Å²) in [6.45, 7) is 8.85. The van der Waals surface area contributed by atoms with Gasteiger partial charge in [0, 0.05) is 6.07 Å². The number of hydrogen-bond donors (Lipinski definition) is 3. The monoisotopic (exact) mass is 448 g/mol. The number of ether oxygens (including phenoxy) is 2. The van der Waals surface area contributed by atoms with Gasteiger partial charge in [-0.3, -0.25) is 0 Å². The number of aromatic hydroxyl groups is 1. The van der Waals surface area contributed by atoms with E-state index in [1.54, 1.807) is 26.8 Å². The molecule has 0 radical (unpaired) electrons. The number of methoxy groups -OCH3 is 1. The Hall–Kier alpha value is -3.27. The van der Waals surface area contributed by atoms with Crippen LogP contribution in [0, 0.1) is 5.92 Å². The average Bonchev–Trinajstić information content (AvgIpc) is 2.94. The van der Waals surface area contributed by atoms with Gasteiger partial charge in [-0.2, -0.15) is 0 Å². The van der Waals surface area contributed by atoms with E-state index in [9.17, 15) is 19.5 Å². The largest absolute Gasteiger partial charge is 0.507 e. The highest BCUT2D eigenvalue weighted by atomic mass is 16.7. The fourth-order valence-electron chi connectivity index (χ4n) is 3.79. The van der Waals surface area contributed by atoms with Gasteiger partial charge in [-0.25, -0.2) is 14.4 Å². The van der Waals surface area contributed by atoms with Crippen molar-refractivity contribution in [2.75, 3.05) is 7.11 Å². The first-order chi connectivity index (χ1) is 14.9. The summed E-state index contributed by atoms with van der Waals surface area (Å²) in [5.74, 6) is -0.711. The third kappa shape index (κ3) is 4.50. The molecule has 3 rings (SSSR count). The van der Waals surface area contributed by atoms with Crippen LogP contribution in [0.5, 0.6) is 11.5 Å². The number of fused-ring (bicyclic) bond motifs is 1. The zero-order valence-electron chi connectivity index (χ0n) is 18.9. The number of carbonyl (C=O) groups excluding carboxylic acids is 2. The molecule has 1 aromatic carbocycles. The van der Waals surface area contributed by atoms with Crippen LogP contribution in [0.2, 0.25) is 0 Å². The maximum Gasteiger partial charge on any atom is 0.408 e. The lowest BCUT2D eigenvalue weighted by molar-refractivity contribution is -0.148. The lowest BCUT2D eigenvalue weighted by atomic mass is 9.81. The Morgan fingerprint density at radius 2 is 1.97 bits per heavy atom. The molecule has 1 amide bonds. The average molecular weight is 448 g/mol. The second kappa shape index (κ2) is 8.34. The normalized spacial score (nSPS) is 21.0. The molecule has 174 valence electrons. The topological polar surface area (TPSA) is 136 Å². The van der Waals surface area contributed by atoms with Gasteiger partial charge >= 0.3 is 17.7 Å². The third-order valence-electron chi connectivity index (χ3n) is 4.93. The standard InChI is InChI=1S/C22H28N2O8/c1-11(2)10-22(23-20(28)31-21(3,4)5)17(24-32-19(22)27)15-8-12-7-13(29-6)9-14(25)16(12)18(26)30-15/h7-9,11,17,24-25H,10H2,1-6H3,(H,23,28). The molecule has 2 heterocycles. The Labute approximate surface area is 184 Å². The molecule has 0 saturated carbocycles. The van der Waals surface area contributed by atoms with E-state index in [-0.39, 0.29) is 29.2 Å². The summed E-state index contributed by atoms with van der Waals surface area (Å²) in [5.41, 5.74) is -0.624. The number of amides is 1. The first-order valence-corrected chi connectivity index (χ1v) is 10.2. The summed E-state index contributed by atoms with van der Waals surface area (Å²) in [4.78, 5) is 43.3. The molecule has 1 aliphatic rings. The molecular weight excluding hydrogens is 420 g/mol. The predicted octanol–water partition coefficient (Wildman–Crippen LogP) is 2.92. The highest BCUT2D eigenvalue weighted by Crippen LogP contribution is 2.39. The van der Waals surface area contributed by atoms with Gasteiger partial charge in [-0.1, -0.05) is 13.8 Å². The first kappa shape index (κ1) is 23.4. The molecule has 1 aromatic heterocycles. The lowest BCUT2D eigenvalue weighted by Crippen LogP contribution is -2.57. The van der Waals surface area contributed by atoms with Crippen LogP contribution in [-0.4, -0.2) is 35.4 Å². The molecule has 2 unspecified atom stereocenters. The van der Waals surface area contributed by atoms with Crippen molar-refractivity contribution in [2.45, 2.75) is 58.2 Å². The molecule has 10 nitrogen and oxygen atoms in total. The van der Waals surface area contributed by atoms with Gasteiger partial charge in [0.25, 0.3) is 0 Å². The van der Waals surface area contributed by atoms with Crippen LogP contribution in [-0.2, 0) is 14.4 Å². The van der Waals surface area contributed by atoms with Crippen molar-refractivity contribution in [3.63, 3.8) is 0 Å². The quantitative estimate of drug-likeness (QED) is 0.630. The minimum atomic E-state index is -1.60. The summed E-state index contributed by atoms with van der Waals surface area (Å²) in [7, 11) is 1.43. The highest BCUT2D eigenvalue weighted by molar-refractivity contribution is 5.90. The van der Waals surface area contributed by atoms with Crippen molar-refractivity contribution in [3.05, 3.63) is 34.4 Å². The Kier molecular flexibility index (Phi) is 6.10. The van der Waals surface area contributed by atoms with Crippen molar-refractivity contribution >= 4 is 22.8 Å². The third-order valence-corrected chi connectivity index (χ3v) is 4.93. The molecular formula is C22H28N2O8. The number of nitrogens with one attached hydrogen (secondary N) is 2. The van der Waals surface area contributed by atoms with Crippen LogP contribution in [0.4, 0.5) is 4.79 Å². The predicted molar refractivity (Wildman–Crippen MR) is 114 cm³/mol. The molecule has 1 fully saturated rings. The van der Waals surface area contributed by atoms with Crippen molar-refractivity contribution in [1.29, 1.82) is 0 Å². The SMILES string of the molecule is COc1cc(O)c2c(=O)oc(C3NOC(=O)C3(CC(C)C)NC(=O)OC(C)(C)C)cc2c1. The van der Waals surface area contributed by atoms with Gasteiger partial charge in [-0.15, -0.1) is 5.48 Å². The number of hydroxylamine groups is 1. The maximum absolute atomic E-state index is 12.9. The minimum Gasteiger partial charge on any atom is -0.507 e. The lowest BCUT2D eigenvalue weighted by Gasteiger charge is -2.33. The van der Waals surface area contributed by atoms with Crippen LogP contribution in [0.1, 0.15) is 52.8 Å². The van der Waals surface area contributed by atoms with Gasteiger partial charge in [0.15, 0.2) is 5.54 Å². The van der Waals surface area contributed by atoms with Gasteiger partial charge in [0.2, 0.25) is 0 Å². The number of rotatable bonds is 5. The number of benzene rings is 1. The molecule has 0 bridgehead atoms. The van der Waals surface area contributed by atoms with E-state index >= 15 is 0 Å².